The molecule has 2 rings (SSSR count). The van der Waals surface area contributed by atoms with Crippen LogP contribution in [0.4, 0.5) is 10.7 Å². The van der Waals surface area contributed by atoms with Gasteiger partial charge in [0, 0.05) is 6.54 Å². The maximum Gasteiger partial charge on any atom is 0.367 e. The van der Waals surface area contributed by atoms with Crippen molar-refractivity contribution in [3.8, 4) is 11.8 Å². The molecular weight excluding hydrogens is 372 g/mol. The van der Waals surface area contributed by atoms with Crippen LogP contribution in [0.2, 0.25) is 0 Å². The lowest BCUT2D eigenvalue weighted by atomic mass is 10.4. The number of hydrogen-bond donors (Lipinski definition) is 1. The van der Waals surface area contributed by atoms with Crippen molar-refractivity contribution in [1.82, 2.24) is 14.9 Å². The van der Waals surface area contributed by atoms with Crippen molar-refractivity contribution in [2.75, 3.05) is 38.9 Å². The summed E-state index contributed by atoms with van der Waals surface area (Å²) in [6, 6.07) is 0.389. The molecule has 1 aromatic rings. The number of sulfonamides is 1. The van der Waals surface area contributed by atoms with Crippen LogP contribution in [0.15, 0.2) is 15.7 Å². The van der Waals surface area contributed by atoms with Gasteiger partial charge in [-0.1, -0.05) is 9.63 Å². The Kier molecular flexibility index (Phi) is 6.50. The van der Waals surface area contributed by atoms with Crippen LogP contribution in [0.3, 0.4) is 0 Å². The highest BCUT2D eigenvalue weighted by Gasteiger charge is 2.32. The summed E-state index contributed by atoms with van der Waals surface area (Å²) in [6.07, 6.45) is 0.889. The average Bonchev–Trinajstić information content (AvgIpc) is 2.60. The smallest absolute Gasteiger partial charge is 0.367 e. The number of urea groups is 1. The van der Waals surface area contributed by atoms with Crippen molar-refractivity contribution in [2.45, 2.75) is 11.1 Å². The number of anilines is 1. The van der Waals surface area contributed by atoms with Crippen molar-refractivity contribution in [1.29, 1.82) is 0 Å². The second-order valence-electron chi connectivity index (χ2n) is 4.92. The van der Waals surface area contributed by atoms with E-state index in [2.05, 4.69) is 24.9 Å². The van der Waals surface area contributed by atoms with Gasteiger partial charge in [0.2, 0.25) is 17.7 Å². The minimum atomic E-state index is -3.95. The van der Waals surface area contributed by atoms with Crippen LogP contribution in [0.1, 0.15) is 6.42 Å². The molecule has 138 valence electrons. The van der Waals surface area contributed by atoms with E-state index < -0.39 is 20.8 Å². The van der Waals surface area contributed by atoms with Crippen LogP contribution in [-0.2, 0) is 10.0 Å². The molecule has 0 saturated carbocycles. The first-order valence-corrected chi connectivity index (χ1v) is 9.67. The number of carbonyl (C=O) groups is 1. The van der Waals surface area contributed by atoms with Crippen LogP contribution in [0.25, 0.3) is 0 Å². The molecule has 13 heteroatoms. The summed E-state index contributed by atoms with van der Waals surface area (Å²) in [4.78, 5) is 21.2. The Morgan fingerprint density at radius 2 is 2.00 bits per heavy atom. The Morgan fingerprint density at radius 3 is 2.56 bits per heavy atom. The van der Waals surface area contributed by atoms with E-state index in [4.69, 9.17) is 9.47 Å². The molecule has 1 N–H and O–H groups in total. The first-order chi connectivity index (χ1) is 11.9. The number of ether oxygens (including phenoxy) is 2. The predicted octanol–water partition coefficient (Wildman–Crippen LogP) is 1.16. The van der Waals surface area contributed by atoms with Crippen LogP contribution in [0.5, 0.6) is 11.8 Å². The normalized spacial score (nSPS) is 18.9. The molecule has 1 unspecified atom stereocenters. The zero-order valence-electron chi connectivity index (χ0n) is 13.9. The molecule has 0 aliphatic carbocycles. The summed E-state index contributed by atoms with van der Waals surface area (Å²) in [5.41, 5.74) is 0. The third-order valence-corrected chi connectivity index (χ3v) is 6.58. The second kappa shape index (κ2) is 8.40. The number of amides is 2. The lowest BCUT2D eigenvalue weighted by Crippen LogP contribution is -2.39. The van der Waals surface area contributed by atoms with Gasteiger partial charge in [0.1, 0.15) is 0 Å². The van der Waals surface area contributed by atoms with Crippen LogP contribution in [-0.4, -0.2) is 67.6 Å². The highest BCUT2D eigenvalue weighted by Crippen LogP contribution is 2.27. The molecule has 1 aliphatic rings. The van der Waals surface area contributed by atoms with E-state index in [1.54, 1.807) is 11.9 Å². The van der Waals surface area contributed by atoms with Gasteiger partial charge in [0.05, 0.1) is 20.3 Å². The number of thioether (sulfide) groups is 1. The van der Waals surface area contributed by atoms with Crippen molar-refractivity contribution >= 4 is 33.8 Å². The quantitative estimate of drug-likeness (QED) is 0.734. The number of carbonyl (C=O) groups excluding carboxylic acids is 1. The first-order valence-electron chi connectivity index (χ1n) is 7.12. The number of nitrogens with zero attached hydrogens (tertiary/aromatic N) is 5. The maximum atomic E-state index is 12.2. The SMILES string of the molecule is COc1cc(OC)nc(NC(=O)/N=N/S(=O)(=O)C2SCCCN2C)n1. The summed E-state index contributed by atoms with van der Waals surface area (Å²) in [5.74, 6) is 0.869. The number of rotatable bonds is 5. The Balaban J connectivity index is 2.07. The van der Waals surface area contributed by atoms with Gasteiger partial charge in [0.25, 0.3) is 10.0 Å². The minimum Gasteiger partial charge on any atom is -0.481 e. The molecule has 25 heavy (non-hydrogen) atoms. The minimum absolute atomic E-state index is 0.151. The molecule has 1 saturated heterocycles. The van der Waals surface area contributed by atoms with Gasteiger partial charge in [-0.2, -0.15) is 9.97 Å². The van der Waals surface area contributed by atoms with E-state index in [0.29, 0.717) is 12.3 Å². The molecule has 0 aromatic carbocycles. The fourth-order valence-corrected chi connectivity index (χ4v) is 4.75. The second-order valence-corrected chi connectivity index (χ2v) is 8.04. The summed E-state index contributed by atoms with van der Waals surface area (Å²) in [5, 5.41) is 5.41. The van der Waals surface area contributed by atoms with E-state index in [0.717, 1.165) is 6.42 Å². The number of methoxy groups -OCH3 is 2. The summed E-state index contributed by atoms with van der Waals surface area (Å²) >= 11 is 1.24. The van der Waals surface area contributed by atoms with E-state index >= 15 is 0 Å². The molecule has 11 nitrogen and oxygen atoms in total. The lowest BCUT2D eigenvalue weighted by Gasteiger charge is -2.29. The molecular formula is C12H18N6O5S2. The largest absolute Gasteiger partial charge is 0.481 e. The monoisotopic (exact) mass is 390 g/mol. The van der Waals surface area contributed by atoms with E-state index in [1.165, 1.54) is 32.0 Å². The zero-order chi connectivity index (χ0) is 18.4. The average molecular weight is 390 g/mol. The van der Waals surface area contributed by atoms with Gasteiger partial charge in [-0.25, -0.2) is 13.2 Å². The molecule has 1 atom stereocenters. The van der Waals surface area contributed by atoms with Gasteiger partial charge < -0.3 is 9.47 Å². The Morgan fingerprint density at radius 1 is 1.36 bits per heavy atom. The number of nitrogens with one attached hydrogen (secondary N) is 1. The van der Waals surface area contributed by atoms with Gasteiger partial charge >= 0.3 is 6.03 Å². The highest BCUT2D eigenvalue weighted by atomic mass is 32.3. The Labute approximate surface area is 149 Å². The third-order valence-electron chi connectivity index (χ3n) is 3.09. The Hall–Kier alpha value is -1.99. The van der Waals surface area contributed by atoms with Crippen LogP contribution < -0.4 is 14.8 Å². The number of aromatic nitrogens is 2. The fourth-order valence-electron chi connectivity index (χ4n) is 1.97. The zero-order valence-corrected chi connectivity index (χ0v) is 15.5. The van der Waals surface area contributed by atoms with Crippen LogP contribution >= 0.6 is 11.8 Å². The van der Waals surface area contributed by atoms with Crippen LogP contribution in [0, 0.1) is 0 Å². The predicted molar refractivity (Wildman–Crippen MR) is 91.4 cm³/mol. The standard InChI is InChI=1S/C12H18N6O5S2/c1-18-5-4-6-24-12(18)25(20,21)17-16-11(19)15-10-13-8(22-2)7-9(14-10)23-3/h7,12H,4-6H2,1-3H3,(H,13,14,15,19)/b17-16+. The van der Waals surface area contributed by atoms with Crippen molar-refractivity contribution in [3.05, 3.63) is 6.07 Å². The molecule has 0 radical (unpaired) electrons. The van der Waals surface area contributed by atoms with E-state index in [1.807, 2.05) is 0 Å². The van der Waals surface area contributed by atoms with Gasteiger partial charge in [-0.05, 0) is 19.2 Å². The van der Waals surface area contributed by atoms with Crippen molar-refractivity contribution in [3.63, 3.8) is 0 Å². The van der Waals surface area contributed by atoms with Gasteiger partial charge in [-0.3, -0.25) is 10.2 Å². The molecule has 2 amide bonds. The van der Waals surface area contributed by atoms with E-state index in [9.17, 15) is 13.2 Å². The van der Waals surface area contributed by atoms with Crippen molar-refractivity contribution in [2.24, 2.45) is 9.63 Å². The highest BCUT2D eigenvalue weighted by molar-refractivity contribution is 8.12. The van der Waals surface area contributed by atoms with E-state index in [-0.39, 0.29) is 17.7 Å². The molecule has 0 spiro atoms. The number of hydrogen-bond acceptors (Lipinski definition) is 9. The molecule has 2 heterocycles. The lowest BCUT2D eigenvalue weighted by molar-refractivity contribution is 0.258. The third kappa shape index (κ3) is 5.24. The molecule has 1 fully saturated rings. The Bertz CT molecular complexity index is 734. The van der Waals surface area contributed by atoms with Gasteiger partial charge in [0.15, 0.2) is 4.71 Å². The molecule has 1 aliphatic heterocycles. The topological polar surface area (TPSA) is 135 Å². The van der Waals surface area contributed by atoms with Crippen molar-refractivity contribution < 1.29 is 22.7 Å². The summed E-state index contributed by atoms with van der Waals surface area (Å²) in [6.45, 7) is 0.635. The summed E-state index contributed by atoms with van der Waals surface area (Å²) in [7, 11) is 0.505. The summed E-state index contributed by atoms with van der Waals surface area (Å²) < 4.78 is 36.6. The van der Waals surface area contributed by atoms with Gasteiger partial charge in [-0.15, -0.1) is 11.8 Å². The molecule has 0 bridgehead atoms. The first kappa shape index (κ1) is 19.3. The molecule has 1 aromatic heterocycles. The fraction of sp³-hybridized carbons (Fsp3) is 0.583. The maximum absolute atomic E-state index is 12.2.